The van der Waals surface area contributed by atoms with Crippen molar-refractivity contribution < 1.29 is 17.9 Å². The maximum Gasteiger partial charge on any atom is 0.339 e. The molecule has 2 aromatic heterocycles. The Labute approximate surface area is 147 Å². The number of esters is 1. The number of benzene rings is 1. The first-order chi connectivity index (χ1) is 11.9. The van der Waals surface area contributed by atoms with Gasteiger partial charge >= 0.3 is 5.97 Å². The van der Waals surface area contributed by atoms with Crippen molar-refractivity contribution in [3.05, 3.63) is 59.9 Å². The van der Waals surface area contributed by atoms with E-state index in [-0.39, 0.29) is 16.1 Å². The van der Waals surface area contributed by atoms with Gasteiger partial charge in [0.05, 0.1) is 17.6 Å². The quantitative estimate of drug-likeness (QED) is 0.669. The van der Waals surface area contributed by atoms with E-state index >= 15 is 0 Å². The van der Waals surface area contributed by atoms with Crippen LogP contribution >= 0.6 is 0 Å². The SMILES string of the molecule is CC.COC(=O)c1cnc2c(ccn2S(=O)(=O)c2ccc(C)cc2)c1. The maximum absolute atomic E-state index is 12.7. The predicted molar refractivity (Wildman–Crippen MR) is 96.2 cm³/mol. The molecule has 25 heavy (non-hydrogen) atoms. The largest absolute Gasteiger partial charge is 0.465 e. The lowest BCUT2D eigenvalue weighted by molar-refractivity contribution is 0.0600. The number of fused-ring (bicyclic) bond motifs is 1. The first kappa shape index (κ1) is 18.7. The predicted octanol–water partition coefficient (Wildman–Crippen LogP) is 3.39. The molecule has 3 rings (SSSR count). The molecule has 0 unspecified atom stereocenters. The lowest BCUT2D eigenvalue weighted by Crippen LogP contribution is -2.12. The first-order valence-corrected chi connectivity index (χ1v) is 9.25. The van der Waals surface area contributed by atoms with Crippen LogP contribution in [-0.2, 0) is 14.8 Å². The van der Waals surface area contributed by atoms with Gasteiger partial charge in [-0.3, -0.25) is 0 Å². The molecule has 0 bridgehead atoms. The Kier molecular flexibility index (Phi) is 5.58. The average molecular weight is 360 g/mol. The molecule has 0 amide bonds. The second kappa shape index (κ2) is 7.48. The molecular weight excluding hydrogens is 340 g/mol. The minimum atomic E-state index is -3.74. The number of pyridine rings is 1. The van der Waals surface area contributed by atoms with Crippen LogP contribution in [0, 0.1) is 6.92 Å². The number of rotatable bonds is 3. The molecule has 0 saturated heterocycles. The second-order valence-electron chi connectivity index (χ2n) is 5.06. The van der Waals surface area contributed by atoms with Gasteiger partial charge in [0.15, 0.2) is 5.65 Å². The average Bonchev–Trinajstić information content (AvgIpc) is 3.07. The molecule has 0 aliphatic heterocycles. The third kappa shape index (κ3) is 3.56. The van der Waals surface area contributed by atoms with Gasteiger partial charge in [-0.25, -0.2) is 22.2 Å². The van der Waals surface area contributed by atoms with Gasteiger partial charge in [-0.15, -0.1) is 0 Å². The lowest BCUT2D eigenvalue weighted by atomic mass is 10.2. The number of carbonyl (C=O) groups is 1. The standard InChI is InChI=1S/C16H14N2O4S.C2H6/c1-11-3-5-14(6-4-11)23(20,21)18-8-7-12-9-13(16(19)22-2)10-17-15(12)18;1-2/h3-10H,1-2H3;1-2H3. The molecule has 132 valence electrons. The van der Waals surface area contributed by atoms with Crippen LogP contribution in [0.25, 0.3) is 11.0 Å². The highest BCUT2D eigenvalue weighted by Gasteiger charge is 2.20. The van der Waals surface area contributed by atoms with Gasteiger partial charge in [0, 0.05) is 17.8 Å². The molecule has 1 aromatic carbocycles. The number of nitrogens with zero attached hydrogens (tertiary/aromatic N) is 2. The second-order valence-corrected chi connectivity index (χ2v) is 6.87. The normalized spacial score (nSPS) is 10.9. The first-order valence-electron chi connectivity index (χ1n) is 7.81. The van der Waals surface area contributed by atoms with Crippen LogP contribution in [-0.4, -0.2) is 30.5 Å². The van der Waals surface area contributed by atoms with E-state index < -0.39 is 16.0 Å². The summed E-state index contributed by atoms with van der Waals surface area (Å²) >= 11 is 0. The molecule has 0 atom stereocenters. The molecule has 0 fully saturated rings. The summed E-state index contributed by atoms with van der Waals surface area (Å²) in [6.07, 6.45) is 2.73. The van der Waals surface area contributed by atoms with Crippen LogP contribution in [0.2, 0.25) is 0 Å². The molecule has 0 radical (unpaired) electrons. The van der Waals surface area contributed by atoms with E-state index in [2.05, 4.69) is 9.72 Å². The van der Waals surface area contributed by atoms with Gasteiger partial charge in [0.25, 0.3) is 10.0 Å². The van der Waals surface area contributed by atoms with E-state index in [1.165, 1.54) is 19.5 Å². The van der Waals surface area contributed by atoms with E-state index in [4.69, 9.17) is 0 Å². The number of aromatic nitrogens is 2. The molecule has 0 N–H and O–H groups in total. The summed E-state index contributed by atoms with van der Waals surface area (Å²) in [5.41, 5.74) is 1.51. The van der Waals surface area contributed by atoms with E-state index in [0.29, 0.717) is 5.39 Å². The van der Waals surface area contributed by atoms with E-state index in [9.17, 15) is 13.2 Å². The van der Waals surface area contributed by atoms with E-state index in [0.717, 1.165) is 9.54 Å². The fourth-order valence-electron chi connectivity index (χ4n) is 2.25. The molecule has 7 heteroatoms. The van der Waals surface area contributed by atoms with Crippen LogP contribution in [0.15, 0.2) is 53.7 Å². The van der Waals surface area contributed by atoms with Gasteiger partial charge in [0.1, 0.15) is 0 Å². The minimum absolute atomic E-state index is 0.180. The third-order valence-corrected chi connectivity index (χ3v) is 5.17. The fraction of sp³-hybridized carbons (Fsp3) is 0.222. The zero-order chi connectivity index (χ0) is 18.6. The van der Waals surface area contributed by atoms with Crippen molar-refractivity contribution in [2.75, 3.05) is 7.11 Å². The van der Waals surface area contributed by atoms with Crippen LogP contribution in [0.1, 0.15) is 29.8 Å². The Balaban J connectivity index is 0.00000109. The summed E-state index contributed by atoms with van der Waals surface area (Å²) in [5.74, 6) is -0.520. The number of aryl methyl sites for hydroxylation is 1. The van der Waals surface area contributed by atoms with Crippen LogP contribution in [0.4, 0.5) is 0 Å². The highest BCUT2D eigenvalue weighted by molar-refractivity contribution is 7.90. The topological polar surface area (TPSA) is 78.3 Å². The maximum atomic E-state index is 12.7. The van der Waals surface area contributed by atoms with Gasteiger partial charge < -0.3 is 4.74 Å². The molecule has 0 aliphatic carbocycles. The van der Waals surface area contributed by atoms with Crippen molar-refractivity contribution >= 4 is 27.0 Å². The van der Waals surface area contributed by atoms with Crippen LogP contribution in [0.5, 0.6) is 0 Å². The van der Waals surface area contributed by atoms with Gasteiger partial charge in [-0.2, -0.15) is 0 Å². The van der Waals surface area contributed by atoms with Crippen molar-refractivity contribution in [3.8, 4) is 0 Å². The van der Waals surface area contributed by atoms with E-state index in [1.54, 1.807) is 36.4 Å². The third-order valence-electron chi connectivity index (χ3n) is 3.49. The van der Waals surface area contributed by atoms with Crippen molar-refractivity contribution in [1.82, 2.24) is 8.96 Å². The van der Waals surface area contributed by atoms with Crippen molar-refractivity contribution in [1.29, 1.82) is 0 Å². The van der Waals surface area contributed by atoms with Crippen LogP contribution in [0.3, 0.4) is 0 Å². The Morgan fingerprint density at radius 1 is 1.12 bits per heavy atom. The number of hydrogen-bond acceptors (Lipinski definition) is 5. The molecule has 2 heterocycles. The summed E-state index contributed by atoms with van der Waals surface area (Å²) in [7, 11) is -2.46. The highest BCUT2D eigenvalue weighted by atomic mass is 32.2. The Morgan fingerprint density at radius 2 is 1.76 bits per heavy atom. The number of ether oxygens (including phenoxy) is 1. The monoisotopic (exact) mass is 360 g/mol. The molecule has 0 aliphatic rings. The van der Waals surface area contributed by atoms with E-state index in [1.807, 2.05) is 20.8 Å². The summed E-state index contributed by atoms with van der Waals surface area (Å²) in [6, 6.07) is 9.73. The zero-order valence-electron chi connectivity index (χ0n) is 14.6. The molecule has 0 saturated carbocycles. The van der Waals surface area contributed by atoms with Crippen molar-refractivity contribution in [2.24, 2.45) is 0 Å². The Morgan fingerprint density at radius 3 is 2.36 bits per heavy atom. The summed E-state index contributed by atoms with van der Waals surface area (Å²) < 4.78 is 31.2. The Hall–Kier alpha value is -2.67. The van der Waals surface area contributed by atoms with Gasteiger partial charge in [0.2, 0.25) is 0 Å². The smallest absolute Gasteiger partial charge is 0.339 e. The van der Waals surface area contributed by atoms with Crippen LogP contribution < -0.4 is 0 Å². The van der Waals surface area contributed by atoms with Crippen molar-refractivity contribution in [2.45, 2.75) is 25.7 Å². The lowest BCUT2D eigenvalue weighted by Gasteiger charge is -2.07. The number of carbonyl (C=O) groups excluding carboxylic acids is 1. The molecule has 0 spiro atoms. The summed E-state index contributed by atoms with van der Waals surface area (Å²) in [5, 5.41) is 0.545. The number of hydrogen-bond donors (Lipinski definition) is 0. The fourth-order valence-corrected chi connectivity index (χ4v) is 3.56. The number of methoxy groups -OCH3 is 1. The Bertz CT molecular complexity index is 990. The molecular formula is C18H20N2O4S. The zero-order valence-corrected chi connectivity index (χ0v) is 15.4. The van der Waals surface area contributed by atoms with Crippen molar-refractivity contribution in [3.63, 3.8) is 0 Å². The summed E-state index contributed by atoms with van der Waals surface area (Å²) in [4.78, 5) is 15.8. The van der Waals surface area contributed by atoms with Gasteiger partial charge in [-0.1, -0.05) is 31.5 Å². The van der Waals surface area contributed by atoms with Gasteiger partial charge in [-0.05, 0) is 31.2 Å². The molecule has 3 aromatic rings. The summed E-state index contributed by atoms with van der Waals surface area (Å²) in [6.45, 7) is 5.89. The molecule has 6 nitrogen and oxygen atoms in total. The highest BCUT2D eigenvalue weighted by Crippen LogP contribution is 2.22. The minimum Gasteiger partial charge on any atom is -0.465 e.